The van der Waals surface area contributed by atoms with Crippen LogP contribution < -0.4 is 5.32 Å². The Kier molecular flexibility index (Phi) is 4.23. The van der Waals surface area contributed by atoms with Crippen molar-refractivity contribution in [3.8, 4) is 0 Å². The Hall–Kier alpha value is -0.380. The lowest BCUT2D eigenvalue weighted by atomic mass is 10.1. The second kappa shape index (κ2) is 5.51. The van der Waals surface area contributed by atoms with E-state index in [2.05, 4.69) is 44.0 Å². The van der Waals surface area contributed by atoms with Gasteiger partial charge < -0.3 is 5.32 Å². The standard InChI is InChI=1S/C14H24N2S/c1-5-13-7-15-11(3)8-16(13)9-14-6-10(2)12(4)17-14/h6,11,13,15H,5,7-9H2,1-4H3. The van der Waals surface area contributed by atoms with Crippen molar-refractivity contribution in [2.45, 2.75) is 52.7 Å². The van der Waals surface area contributed by atoms with Crippen LogP contribution in [0.15, 0.2) is 6.07 Å². The number of nitrogens with one attached hydrogen (secondary N) is 1. The van der Waals surface area contributed by atoms with E-state index in [0.29, 0.717) is 12.1 Å². The third-order valence-corrected chi connectivity index (χ3v) is 4.91. The van der Waals surface area contributed by atoms with Gasteiger partial charge in [-0.05, 0) is 38.8 Å². The molecule has 0 aromatic carbocycles. The first-order valence-corrected chi connectivity index (χ1v) is 7.45. The lowest BCUT2D eigenvalue weighted by molar-refractivity contribution is 0.125. The Balaban J connectivity index is 2.04. The molecule has 2 unspecified atom stereocenters. The van der Waals surface area contributed by atoms with Gasteiger partial charge in [-0.1, -0.05) is 6.92 Å². The van der Waals surface area contributed by atoms with E-state index in [1.807, 2.05) is 11.3 Å². The van der Waals surface area contributed by atoms with E-state index in [1.54, 1.807) is 0 Å². The van der Waals surface area contributed by atoms with E-state index in [0.717, 1.165) is 13.1 Å². The molecule has 96 valence electrons. The highest BCUT2D eigenvalue weighted by Crippen LogP contribution is 2.24. The zero-order valence-electron chi connectivity index (χ0n) is 11.4. The Labute approximate surface area is 109 Å². The summed E-state index contributed by atoms with van der Waals surface area (Å²) in [6.07, 6.45) is 1.24. The maximum absolute atomic E-state index is 3.58. The van der Waals surface area contributed by atoms with E-state index >= 15 is 0 Å². The first kappa shape index (κ1) is 13.1. The molecule has 1 aromatic heterocycles. The van der Waals surface area contributed by atoms with Gasteiger partial charge in [0.1, 0.15) is 0 Å². The molecule has 1 saturated heterocycles. The third-order valence-electron chi connectivity index (χ3n) is 3.77. The lowest BCUT2D eigenvalue weighted by Crippen LogP contribution is -2.54. The summed E-state index contributed by atoms with van der Waals surface area (Å²) in [5.74, 6) is 0. The first-order chi connectivity index (χ1) is 8.10. The van der Waals surface area contributed by atoms with Gasteiger partial charge in [-0.3, -0.25) is 4.90 Å². The van der Waals surface area contributed by atoms with E-state index in [-0.39, 0.29) is 0 Å². The lowest BCUT2D eigenvalue weighted by Gasteiger charge is -2.38. The molecule has 1 aromatic rings. The molecule has 0 aliphatic carbocycles. The minimum absolute atomic E-state index is 0.625. The predicted octanol–water partition coefficient (Wildman–Crippen LogP) is 2.94. The molecule has 1 aliphatic heterocycles. The monoisotopic (exact) mass is 252 g/mol. The summed E-state index contributed by atoms with van der Waals surface area (Å²) in [5.41, 5.74) is 1.45. The highest BCUT2D eigenvalue weighted by molar-refractivity contribution is 7.12. The topological polar surface area (TPSA) is 15.3 Å². The van der Waals surface area contributed by atoms with Gasteiger partial charge in [0.15, 0.2) is 0 Å². The fourth-order valence-corrected chi connectivity index (χ4v) is 3.63. The van der Waals surface area contributed by atoms with E-state index in [4.69, 9.17) is 0 Å². The van der Waals surface area contributed by atoms with Crippen LogP contribution in [0.25, 0.3) is 0 Å². The molecular weight excluding hydrogens is 228 g/mol. The molecule has 3 heteroatoms. The average molecular weight is 252 g/mol. The fraction of sp³-hybridized carbons (Fsp3) is 0.714. The molecule has 2 rings (SSSR count). The van der Waals surface area contributed by atoms with E-state index in [9.17, 15) is 0 Å². The van der Waals surface area contributed by atoms with Crippen LogP contribution in [0.5, 0.6) is 0 Å². The molecule has 1 fully saturated rings. The van der Waals surface area contributed by atoms with Gasteiger partial charge in [0, 0.05) is 41.5 Å². The van der Waals surface area contributed by atoms with Crippen LogP contribution in [-0.2, 0) is 6.54 Å². The van der Waals surface area contributed by atoms with Crippen LogP contribution in [-0.4, -0.2) is 30.1 Å². The summed E-state index contributed by atoms with van der Waals surface area (Å²) in [6.45, 7) is 12.5. The predicted molar refractivity (Wildman–Crippen MR) is 75.7 cm³/mol. The van der Waals surface area contributed by atoms with Crippen molar-refractivity contribution in [3.63, 3.8) is 0 Å². The Morgan fingerprint density at radius 1 is 1.47 bits per heavy atom. The maximum atomic E-state index is 3.58. The van der Waals surface area contributed by atoms with Gasteiger partial charge in [0.25, 0.3) is 0 Å². The van der Waals surface area contributed by atoms with Crippen LogP contribution in [0.4, 0.5) is 0 Å². The van der Waals surface area contributed by atoms with Crippen molar-refractivity contribution in [3.05, 3.63) is 21.4 Å². The van der Waals surface area contributed by atoms with Gasteiger partial charge >= 0.3 is 0 Å². The van der Waals surface area contributed by atoms with Crippen LogP contribution in [0.1, 0.15) is 35.6 Å². The molecule has 2 atom stereocenters. The van der Waals surface area contributed by atoms with Gasteiger partial charge in [-0.2, -0.15) is 0 Å². The Morgan fingerprint density at radius 3 is 2.82 bits per heavy atom. The summed E-state index contributed by atoms with van der Waals surface area (Å²) in [6, 6.07) is 3.69. The molecule has 2 nitrogen and oxygen atoms in total. The molecule has 1 N–H and O–H groups in total. The number of thiophene rings is 1. The smallest absolute Gasteiger partial charge is 0.0332 e. The van der Waals surface area contributed by atoms with Crippen molar-refractivity contribution in [1.82, 2.24) is 10.2 Å². The molecule has 17 heavy (non-hydrogen) atoms. The van der Waals surface area contributed by atoms with E-state index in [1.165, 1.54) is 28.3 Å². The van der Waals surface area contributed by atoms with Crippen LogP contribution in [0.2, 0.25) is 0 Å². The average Bonchev–Trinajstić information content (AvgIpc) is 2.58. The van der Waals surface area contributed by atoms with Gasteiger partial charge in [-0.15, -0.1) is 11.3 Å². The number of hydrogen-bond donors (Lipinski definition) is 1. The molecular formula is C14H24N2S. The second-order valence-electron chi connectivity index (χ2n) is 5.25. The zero-order valence-corrected chi connectivity index (χ0v) is 12.2. The van der Waals surface area contributed by atoms with Crippen LogP contribution in [0, 0.1) is 13.8 Å². The summed E-state index contributed by atoms with van der Waals surface area (Å²) in [7, 11) is 0. The molecule has 0 spiro atoms. The van der Waals surface area contributed by atoms with Crippen LogP contribution in [0.3, 0.4) is 0 Å². The normalized spacial score (nSPS) is 26.4. The zero-order chi connectivity index (χ0) is 12.4. The molecule has 0 amide bonds. The van der Waals surface area contributed by atoms with E-state index < -0.39 is 0 Å². The maximum Gasteiger partial charge on any atom is 0.0332 e. The number of hydrogen-bond acceptors (Lipinski definition) is 3. The van der Waals surface area contributed by atoms with Gasteiger partial charge in [0.2, 0.25) is 0 Å². The summed E-state index contributed by atoms with van der Waals surface area (Å²) < 4.78 is 0. The number of aryl methyl sites for hydroxylation is 2. The van der Waals surface area contributed by atoms with Gasteiger partial charge in [0.05, 0.1) is 0 Å². The van der Waals surface area contributed by atoms with Crippen molar-refractivity contribution >= 4 is 11.3 Å². The van der Waals surface area contributed by atoms with Crippen LogP contribution >= 0.6 is 11.3 Å². The minimum Gasteiger partial charge on any atom is -0.311 e. The highest BCUT2D eigenvalue weighted by Gasteiger charge is 2.24. The quantitative estimate of drug-likeness (QED) is 0.890. The number of rotatable bonds is 3. The second-order valence-corrected chi connectivity index (χ2v) is 6.59. The fourth-order valence-electron chi connectivity index (χ4n) is 2.56. The summed E-state index contributed by atoms with van der Waals surface area (Å²) in [5, 5.41) is 3.58. The Bertz CT molecular complexity index is 353. The first-order valence-electron chi connectivity index (χ1n) is 6.63. The molecule has 0 bridgehead atoms. The van der Waals surface area contributed by atoms with Crippen molar-refractivity contribution in [2.75, 3.05) is 13.1 Å². The Morgan fingerprint density at radius 2 is 2.24 bits per heavy atom. The molecule has 1 aliphatic rings. The number of nitrogens with zero attached hydrogens (tertiary/aromatic N) is 1. The summed E-state index contributed by atoms with van der Waals surface area (Å²) in [4.78, 5) is 5.63. The van der Waals surface area contributed by atoms with Gasteiger partial charge in [-0.25, -0.2) is 0 Å². The largest absolute Gasteiger partial charge is 0.311 e. The van der Waals surface area contributed by atoms with Crippen molar-refractivity contribution in [1.29, 1.82) is 0 Å². The third kappa shape index (κ3) is 3.09. The SMILES string of the molecule is CCC1CNC(C)CN1Cc1cc(C)c(C)s1. The molecule has 2 heterocycles. The molecule has 0 radical (unpaired) electrons. The minimum atomic E-state index is 0.625. The van der Waals surface area contributed by atoms with Crippen molar-refractivity contribution in [2.24, 2.45) is 0 Å². The highest BCUT2D eigenvalue weighted by atomic mass is 32.1. The van der Waals surface area contributed by atoms with Crippen molar-refractivity contribution < 1.29 is 0 Å². The molecule has 0 saturated carbocycles. The summed E-state index contributed by atoms with van der Waals surface area (Å²) >= 11 is 1.96. The number of piperazine rings is 1.